The first-order chi connectivity index (χ1) is 11.7. The van der Waals surface area contributed by atoms with Crippen LogP contribution in [0.2, 0.25) is 0 Å². The zero-order chi connectivity index (χ0) is 18.2. The van der Waals surface area contributed by atoms with Crippen molar-refractivity contribution in [1.29, 1.82) is 0 Å². The van der Waals surface area contributed by atoms with Crippen molar-refractivity contribution in [3.63, 3.8) is 0 Å². The van der Waals surface area contributed by atoms with Crippen molar-refractivity contribution >= 4 is 10.0 Å². The molecule has 0 saturated carbocycles. The summed E-state index contributed by atoms with van der Waals surface area (Å²) >= 11 is 0. The number of aromatic nitrogens is 1. The fourth-order valence-corrected chi connectivity index (χ4v) is 3.87. The summed E-state index contributed by atoms with van der Waals surface area (Å²) in [7, 11) is -3.84. The Balaban J connectivity index is 1.80. The largest absolute Gasteiger partial charge is 0.452 e. The predicted molar refractivity (Wildman–Crippen MR) is 80.1 cm³/mol. The van der Waals surface area contributed by atoms with E-state index in [9.17, 15) is 21.6 Å². The minimum atomic E-state index is -4.67. The van der Waals surface area contributed by atoms with Gasteiger partial charge in [-0.15, -0.1) is 0 Å². The number of sulfonamides is 1. The van der Waals surface area contributed by atoms with E-state index in [1.54, 1.807) is 0 Å². The van der Waals surface area contributed by atoms with Gasteiger partial charge in [0.25, 0.3) is 10.0 Å². The molecule has 0 aromatic carbocycles. The summed E-state index contributed by atoms with van der Waals surface area (Å²) in [5.74, 6) is -1.39. The van der Waals surface area contributed by atoms with Gasteiger partial charge in [-0.2, -0.15) is 17.5 Å². The predicted octanol–water partition coefficient (Wildman–Crippen LogP) is 2.28. The summed E-state index contributed by atoms with van der Waals surface area (Å²) in [5.41, 5.74) is -0.218. The highest BCUT2D eigenvalue weighted by atomic mass is 32.2. The molecule has 1 fully saturated rings. The van der Waals surface area contributed by atoms with E-state index in [1.807, 2.05) is 6.92 Å². The summed E-state index contributed by atoms with van der Waals surface area (Å²) in [6.45, 7) is 4.72. The maximum Gasteiger partial charge on any atom is 0.452 e. The number of likely N-dealkylation sites (N-methyl/N-ethyl adjacent to an activating group) is 1. The van der Waals surface area contributed by atoms with Gasteiger partial charge in [-0.05, 0) is 18.7 Å². The summed E-state index contributed by atoms with van der Waals surface area (Å²) < 4.78 is 73.5. The number of rotatable bonds is 4. The second-order valence-corrected chi connectivity index (χ2v) is 7.40. The van der Waals surface area contributed by atoms with Crippen molar-refractivity contribution in [2.24, 2.45) is 0 Å². The van der Waals surface area contributed by atoms with Crippen LogP contribution in [0, 0.1) is 0 Å². The van der Waals surface area contributed by atoms with Gasteiger partial charge in [-0.1, -0.05) is 12.1 Å². The fourth-order valence-electron chi connectivity index (χ4n) is 2.53. The van der Waals surface area contributed by atoms with E-state index in [0.717, 1.165) is 6.54 Å². The smallest absolute Gasteiger partial charge is 0.441 e. The molecule has 0 spiro atoms. The highest BCUT2D eigenvalue weighted by Crippen LogP contribution is 2.33. The van der Waals surface area contributed by atoms with Crippen LogP contribution in [0.3, 0.4) is 0 Å². The number of hydrogen-bond donors (Lipinski definition) is 0. The zero-order valence-electron chi connectivity index (χ0n) is 13.3. The van der Waals surface area contributed by atoms with Crippen LogP contribution in [0.25, 0.3) is 11.5 Å². The standard InChI is InChI=1S/C14H16F3N3O4S/c1-2-19-5-7-20(8-6-19)25(21,22)13-4-3-11(23-13)10-9-12(24-18-10)14(15,16)17/h3-4,9H,2,5-8H2,1H3. The molecule has 138 valence electrons. The van der Waals surface area contributed by atoms with Gasteiger partial charge in [0.05, 0.1) is 0 Å². The minimum Gasteiger partial charge on any atom is -0.441 e. The van der Waals surface area contributed by atoms with Gasteiger partial charge in [-0.25, -0.2) is 8.42 Å². The first-order valence-corrected chi connectivity index (χ1v) is 9.02. The summed E-state index contributed by atoms with van der Waals surface area (Å²) in [4.78, 5) is 2.12. The Kier molecular flexibility index (Phi) is 4.64. The van der Waals surface area contributed by atoms with Gasteiger partial charge in [0.2, 0.25) is 10.9 Å². The third kappa shape index (κ3) is 3.58. The van der Waals surface area contributed by atoms with E-state index in [-0.39, 0.29) is 16.5 Å². The molecule has 1 saturated heterocycles. The van der Waals surface area contributed by atoms with E-state index in [0.29, 0.717) is 32.2 Å². The van der Waals surface area contributed by atoms with Crippen molar-refractivity contribution in [1.82, 2.24) is 14.4 Å². The number of halogens is 3. The fraction of sp³-hybridized carbons (Fsp3) is 0.500. The molecular weight excluding hydrogens is 363 g/mol. The highest BCUT2D eigenvalue weighted by molar-refractivity contribution is 7.89. The van der Waals surface area contributed by atoms with E-state index in [2.05, 4.69) is 14.6 Å². The molecule has 0 bridgehead atoms. The van der Waals surface area contributed by atoms with Crippen LogP contribution in [0.15, 0.2) is 32.2 Å². The molecule has 0 atom stereocenters. The number of alkyl halides is 3. The monoisotopic (exact) mass is 379 g/mol. The Morgan fingerprint density at radius 3 is 2.44 bits per heavy atom. The third-order valence-electron chi connectivity index (χ3n) is 4.00. The second-order valence-electron chi connectivity index (χ2n) is 5.53. The molecule has 3 heterocycles. The SMILES string of the molecule is CCN1CCN(S(=O)(=O)c2ccc(-c3cc(C(F)(F)F)on3)o2)CC1. The van der Waals surface area contributed by atoms with Crippen LogP contribution < -0.4 is 0 Å². The van der Waals surface area contributed by atoms with E-state index in [4.69, 9.17) is 4.42 Å². The molecule has 2 aromatic heterocycles. The number of hydrogen-bond acceptors (Lipinski definition) is 6. The minimum absolute atomic E-state index is 0.106. The Labute approximate surface area is 142 Å². The Bertz CT molecular complexity index is 836. The lowest BCUT2D eigenvalue weighted by Crippen LogP contribution is -2.48. The molecule has 1 aliphatic heterocycles. The van der Waals surface area contributed by atoms with Crippen molar-refractivity contribution in [2.75, 3.05) is 32.7 Å². The van der Waals surface area contributed by atoms with Crippen LogP contribution in [-0.4, -0.2) is 55.5 Å². The summed E-state index contributed by atoms with van der Waals surface area (Å²) in [6, 6.07) is 3.13. The maximum atomic E-state index is 12.6. The van der Waals surface area contributed by atoms with Crippen molar-refractivity contribution in [2.45, 2.75) is 18.2 Å². The van der Waals surface area contributed by atoms with E-state index in [1.165, 1.54) is 16.4 Å². The zero-order valence-corrected chi connectivity index (χ0v) is 14.1. The van der Waals surface area contributed by atoms with Crippen molar-refractivity contribution in [3.8, 4) is 11.5 Å². The molecule has 0 N–H and O–H groups in total. The lowest BCUT2D eigenvalue weighted by Gasteiger charge is -2.32. The van der Waals surface area contributed by atoms with Gasteiger partial charge < -0.3 is 13.8 Å². The average Bonchev–Trinajstić information content (AvgIpc) is 3.23. The number of furan rings is 1. The second kappa shape index (κ2) is 6.46. The first-order valence-electron chi connectivity index (χ1n) is 7.58. The van der Waals surface area contributed by atoms with Crippen LogP contribution >= 0.6 is 0 Å². The summed E-state index contributed by atoms with van der Waals surface area (Å²) in [5, 5.41) is 2.95. The molecule has 0 unspecified atom stereocenters. The van der Waals surface area contributed by atoms with Crippen LogP contribution in [0.1, 0.15) is 12.7 Å². The molecule has 7 nitrogen and oxygen atoms in total. The molecule has 2 aromatic rings. The Morgan fingerprint density at radius 1 is 1.20 bits per heavy atom. The van der Waals surface area contributed by atoms with Crippen molar-refractivity contribution < 1.29 is 30.5 Å². The Hall–Kier alpha value is -1.85. The molecule has 1 aliphatic rings. The van der Waals surface area contributed by atoms with Crippen LogP contribution in [0.5, 0.6) is 0 Å². The summed E-state index contributed by atoms with van der Waals surface area (Å²) in [6.07, 6.45) is -4.67. The molecule has 0 aliphatic carbocycles. The van der Waals surface area contributed by atoms with Gasteiger partial charge >= 0.3 is 6.18 Å². The molecule has 25 heavy (non-hydrogen) atoms. The number of nitrogens with zero attached hydrogens (tertiary/aromatic N) is 3. The van der Waals surface area contributed by atoms with Crippen LogP contribution in [-0.2, 0) is 16.2 Å². The molecular formula is C14H16F3N3O4S. The van der Waals surface area contributed by atoms with Gasteiger partial charge in [0, 0.05) is 32.2 Å². The topological polar surface area (TPSA) is 79.8 Å². The first kappa shape index (κ1) is 18.0. The molecule has 0 amide bonds. The normalized spacial score (nSPS) is 17.9. The van der Waals surface area contributed by atoms with E-state index >= 15 is 0 Å². The quantitative estimate of drug-likeness (QED) is 0.811. The van der Waals surface area contributed by atoms with Gasteiger partial charge in [-0.3, -0.25) is 0 Å². The van der Waals surface area contributed by atoms with Gasteiger partial charge in [0.1, 0.15) is 5.69 Å². The number of piperazine rings is 1. The molecule has 11 heteroatoms. The lowest BCUT2D eigenvalue weighted by atomic mass is 10.3. The molecule has 0 radical (unpaired) electrons. The Morgan fingerprint density at radius 2 is 1.88 bits per heavy atom. The lowest BCUT2D eigenvalue weighted by molar-refractivity contribution is -0.155. The average molecular weight is 379 g/mol. The maximum absolute atomic E-state index is 12.6. The highest BCUT2D eigenvalue weighted by Gasteiger charge is 2.37. The third-order valence-corrected chi connectivity index (χ3v) is 5.77. The van der Waals surface area contributed by atoms with E-state index < -0.39 is 22.0 Å². The molecule has 3 rings (SSSR count). The van der Waals surface area contributed by atoms with Crippen molar-refractivity contribution in [3.05, 3.63) is 24.0 Å². The van der Waals surface area contributed by atoms with Crippen LogP contribution in [0.4, 0.5) is 13.2 Å². The van der Waals surface area contributed by atoms with Gasteiger partial charge in [0.15, 0.2) is 5.76 Å².